The molecule has 3 rings (SSSR count). The first-order valence-electron chi connectivity index (χ1n) is 5.92. The van der Waals surface area contributed by atoms with Crippen LogP contribution in [-0.2, 0) is 6.42 Å². The van der Waals surface area contributed by atoms with Crippen LogP contribution in [0.1, 0.15) is 11.6 Å². The molecular weight excluding hydrogens is 276 g/mol. The van der Waals surface area contributed by atoms with E-state index in [1.807, 2.05) is 29.6 Å². The third kappa shape index (κ3) is 2.48. The normalized spacial score (nSPS) is 10.7. The van der Waals surface area contributed by atoms with Gasteiger partial charge in [0.15, 0.2) is 5.13 Å². The molecule has 0 spiro atoms. The lowest BCUT2D eigenvalue weighted by molar-refractivity contribution is 0.384. The second-order valence-corrected chi connectivity index (χ2v) is 4.96. The Hall–Kier alpha value is -2.41. The molecule has 2 N–H and O–H groups in total. The van der Waals surface area contributed by atoms with Crippen LogP contribution in [0.4, 0.5) is 5.13 Å². The van der Waals surface area contributed by atoms with Gasteiger partial charge in [-0.2, -0.15) is 4.98 Å². The molecule has 0 unspecified atom stereocenters. The fraction of sp³-hybridized carbons (Fsp3) is 0.154. The van der Waals surface area contributed by atoms with E-state index in [1.54, 1.807) is 7.11 Å². The molecule has 7 heteroatoms. The maximum Gasteiger partial charge on any atom is 0.233 e. The Kier molecular flexibility index (Phi) is 3.34. The summed E-state index contributed by atoms with van der Waals surface area (Å²) >= 11 is 1.39. The highest BCUT2D eigenvalue weighted by Crippen LogP contribution is 2.27. The van der Waals surface area contributed by atoms with Crippen LogP contribution in [0.25, 0.3) is 11.4 Å². The number of benzene rings is 1. The molecule has 0 bridgehead atoms. The van der Waals surface area contributed by atoms with Gasteiger partial charge in [-0.3, -0.25) is 0 Å². The molecule has 0 amide bonds. The first-order chi connectivity index (χ1) is 9.76. The van der Waals surface area contributed by atoms with Crippen molar-refractivity contribution in [2.24, 2.45) is 0 Å². The number of hydrogen-bond donors (Lipinski definition) is 1. The lowest BCUT2D eigenvalue weighted by Gasteiger charge is -2.02. The van der Waals surface area contributed by atoms with E-state index in [2.05, 4.69) is 15.1 Å². The van der Waals surface area contributed by atoms with Crippen molar-refractivity contribution in [1.82, 2.24) is 15.1 Å². The number of aromatic nitrogens is 3. The summed E-state index contributed by atoms with van der Waals surface area (Å²) in [5.41, 5.74) is 7.21. The minimum absolute atomic E-state index is 0.468. The van der Waals surface area contributed by atoms with Crippen molar-refractivity contribution in [2.75, 3.05) is 12.8 Å². The van der Waals surface area contributed by atoms with Gasteiger partial charge in [0.05, 0.1) is 24.8 Å². The molecule has 0 aliphatic rings. The van der Waals surface area contributed by atoms with E-state index in [0.717, 1.165) is 11.3 Å². The summed E-state index contributed by atoms with van der Waals surface area (Å²) < 4.78 is 10.5. The Morgan fingerprint density at radius 3 is 2.90 bits per heavy atom. The summed E-state index contributed by atoms with van der Waals surface area (Å²) in [7, 11) is 1.61. The largest absolute Gasteiger partial charge is 0.496 e. The minimum Gasteiger partial charge on any atom is -0.496 e. The van der Waals surface area contributed by atoms with E-state index in [9.17, 15) is 0 Å². The Bertz CT molecular complexity index is 722. The van der Waals surface area contributed by atoms with Gasteiger partial charge in [0.2, 0.25) is 11.7 Å². The van der Waals surface area contributed by atoms with Crippen molar-refractivity contribution in [3.05, 3.63) is 41.2 Å². The molecule has 102 valence electrons. The first kappa shape index (κ1) is 12.6. The Morgan fingerprint density at radius 1 is 1.30 bits per heavy atom. The molecule has 20 heavy (non-hydrogen) atoms. The summed E-state index contributed by atoms with van der Waals surface area (Å²) in [6, 6.07) is 7.52. The van der Waals surface area contributed by atoms with Crippen LogP contribution in [0.15, 0.2) is 34.2 Å². The third-order valence-electron chi connectivity index (χ3n) is 2.72. The number of para-hydroxylation sites is 1. The number of thiazole rings is 1. The van der Waals surface area contributed by atoms with E-state index in [0.29, 0.717) is 29.0 Å². The molecule has 6 nitrogen and oxygen atoms in total. The van der Waals surface area contributed by atoms with Crippen LogP contribution in [0, 0.1) is 0 Å². The van der Waals surface area contributed by atoms with Gasteiger partial charge in [-0.25, -0.2) is 4.98 Å². The van der Waals surface area contributed by atoms with Crippen molar-refractivity contribution in [3.8, 4) is 17.1 Å². The molecule has 1 aromatic carbocycles. The zero-order valence-electron chi connectivity index (χ0n) is 10.7. The molecule has 0 saturated carbocycles. The standard InChI is InChI=1S/C13H12N4O2S/c1-18-10-5-3-2-4-9(10)12-16-11(19-17-12)6-8-7-20-13(14)15-8/h2-5,7H,6H2,1H3,(H2,14,15). The quantitative estimate of drug-likeness (QED) is 0.793. The van der Waals surface area contributed by atoms with E-state index in [4.69, 9.17) is 15.0 Å². The van der Waals surface area contributed by atoms with E-state index < -0.39 is 0 Å². The van der Waals surface area contributed by atoms with Gasteiger partial charge >= 0.3 is 0 Å². The molecular formula is C13H12N4O2S. The van der Waals surface area contributed by atoms with Crippen molar-refractivity contribution in [3.63, 3.8) is 0 Å². The number of nitrogen functional groups attached to an aromatic ring is 1. The Morgan fingerprint density at radius 2 is 2.15 bits per heavy atom. The first-order valence-corrected chi connectivity index (χ1v) is 6.80. The fourth-order valence-corrected chi connectivity index (χ4v) is 2.39. The SMILES string of the molecule is COc1ccccc1-c1noc(Cc2csc(N)n2)n1. The summed E-state index contributed by atoms with van der Waals surface area (Å²) in [6.45, 7) is 0. The van der Waals surface area contributed by atoms with Crippen LogP contribution in [0.5, 0.6) is 5.75 Å². The fourth-order valence-electron chi connectivity index (χ4n) is 1.82. The molecule has 0 saturated heterocycles. The van der Waals surface area contributed by atoms with Gasteiger partial charge in [-0.05, 0) is 12.1 Å². The van der Waals surface area contributed by atoms with Gasteiger partial charge in [-0.15, -0.1) is 11.3 Å². The molecule has 2 aromatic heterocycles. The van der Waals surface area contributed by atoms with Gasteiger partial charge in [-0.1, -0.05) is 17.3 Å². The van der Waals surface area contributed by atoms with Crippen LogP contribution >= 0.6 is 11.3 Å². The summed E-state index contributed by atoms with van der Waals surface area (Å²) in [5, 5.41) is 6.39. The summed E-state index contributed by atoms with van der Waals surface area (Å²) in [6.07, 6.45) is 0.468. The molecule has 0 aliphatic heterocycles. The number of methoxy groups -OCH3 is 1. The van der Waals surface area contributed by atoms with Crippen LogP contribution in [0.2, 0.25) is 0 Å². The second-order valence-electron chi connectivity index (χ2n) is 4.07. The molecule has 0 atom stereocenters. The van der Waals surface area contributed by atoms with E-state index in [1.165, 1.54) is 11.3 Å². The number of hydrogen-bond acceptors (Lipinski definition) is 7. The highest BCUT2D eigenvalue weighted by Gasteiger charge is 2.13. The predicted molar refractivity (Wildman–Crippen MR) is 75.6 cm³/mol. The van der Waals surface area contributed by atoms with E-state index >= 15 is 0 Å². The smallest absolute Gasteiger partial charge is 0.233 e. The van der Waals surface area contributed by atoms with Crippen molar-refractivity contribution < 1.29 is 9.26 Å². The van der Waals surface area contributed by atoms with Crippen molar-refractivity contribution >= 4 is 16.5 Å². The topological polar surface area (TPSA) is 87.1 Å². The average Bonchev–Trinajstić information content (AvgIpc) is 3.08. The Balaban J connectivity index is 1.86. The van der Waals surface area contributed by atoms with Gasteiger partial charge in [0.1, 0.15) is 5.75 Å². The van der Waals surface area contributed by atoms with Crippen LogP contribution < -0.4 is 10.5 Å². The third-order valence-corrected chi connectivity index (χ3v) is 3.44. The summed E-state index contributed by atoms with van der Waals surface area (Å²) in [5.74, 6) is 1.70. The van der Waals surface area contributed by atoms with Gasteiger partial charge in [0.25, 0.3) is 0 Å². The number of nitrogens with two attached hydrogens (primary N) is 1. The predicted octanol–water partition coefficient (Wildman–Crippen LogP) is 2.37. The monoisotopic (exact) mass is 288 g/mol. The van der Waals surface area contributed by atoms with E-state index in [-0.39, 0.29) is 0 Å². The molecule has 2 heterocycles. The van der Waals surface area contributed by atoms with Crippen molar-refractivity contribution in [1.29, 1.82) is 0 Å². The minimum atomic E-state index is 0.468. The number of ether oxygens (including phenoxy) is 1. The van der Waals surface area contributed by atoms with Crippen LogP contribution in [0.3, 0.4) is 0 Å². The molecule has 3 aromatic rings. The number of nitrogens with zero attached hydrogens (tertiary/aromatic N) is 3. The molecule has 0 radical (unpaired) electrons. The number of anilines is 1. The average molecular weight is 288 g/mol. The maximum atomic E-state index is 5.59. The lowest BCUT2D eigenvalue weighted by atomic mass is 10.2. The zero-order valence-corrected chi connectivity index (χ0v) is 11.6. The van der Waals surface area contributed by atoms with Crippen LogP contribution in [-0.4, -0.2) is 22.2 Å². The second kappa shape index (κ2) is 5.30. The van der Waals surface area contributed by atoms with Crippen molar-refractivity contribution in [2.45, 2.75) is 6.42 Å². The highest BCUT2D eigenvalue weighted by atomic mass is 32.1. The van der Waals surface area contributed by atoms with Gasteiger partial charge < -0.3 is 15.0 Å². The highest BCUT2D eigenvalue weighted by molar-refractivity contribution is 7.13. The zero-order chi connectivity index (χ0) is 13.9. The number of rotatable bonds is 4. The molecule has 0 fully saturated rings. The summed E-state index contributed by atoms with van der Waals surface area (Å²) in [4.78, 5) is 8.53. The maximum absolute atomic E-state index is 5.59. The lowest BCUT2D eigenvalue weighted by Crippen LogP contribution is -1.91. The molecule has 0 aliphatic carbocycles. The van der Waals surface area contributed by atoms with Gasteiger partial charge in [0, 0.05) is 5.38 Å². The Labute approximate surface area is 119 Å².